The molecule has 0 amide bonds. The second-order valence-corrected chi connectivity index (χ2v) is 5.90. The standard InChI is InChI=1S/C24H18O5/c1-3-23(25)28-14-13-27-22-12-9-19-15-18(5-6-20(19)16-22)17-7-10-21(11-8-17)29-24(26)4-2/h3-16H,1-2H2/b14-13-. The summed E-state index contributed by atoms with van der Waals surface area (Å²) in [7, 11) is 0. The zero-order valence-electron chi connectivity index (χ0n) is 15.5. The molecular weight excluding hydrogens is 368 g/mol. The summed E-state index contributed by atoms with van der Waals surface area (Å²) in [5.41, 5.74) is 2.03. The minimum atomic E-state index is -0.553. The van der Waals surface area contributed by atoms with Crippen LogP contribution >= 0.6 is 0 Å². The van der Waals surface area contributed by atoms with Gasteiger partial charge < -0.3 is 14.2 Å². The van der Waals surface area contributed by atoms with E-state index in [1.807, 2.05) is 42.5 Å². The second kappa shape index (κ2) is 9.19. The molecule has 0 N–H and O–H groups in total. The van der Waals surface area contributed by atoms with Gasteiger partial charge in [0, 0.05) is 12.2 Å². The third kappa shape index (κ3) is 5.20. The molecule has 0 heterocycles. The average molecular weight is 386 g/mol. The van der Waals surface area contributed by atoms with E-state index < -0.39 is 11.9 Å². The van der Waals surface area contributed by atoms with Gasteiger partial charge in [0.15, 0.2) is 0 Å². The van der Waals surface area contributed by atoms with Crippen LogP contribution in [-0.2, 0) is 14.3 Å². The Bertz CT molecular complexity index is 1090. The molecule has 3 rings (SSSR count). The van der Waals surface area contributed by atoms with E-state index in [9.17, 15) is 9.59 Å². The molecule has 0 fully saturated rings. The number of carbonyl (C=O) groups excluding carboxylic acids is 2. The van der Waals surface area contributed by atoms with Gasteiger partial charge in [0.1, 0.15) is 24.0 Å². The lowest BCUT2D eigenvalue weighted by Crippen LogP contribution is -2.02. The maximum absolute atomic E-state index is 11.3. The Balaban J connectivity index is 1.73. The van der Waals surface area contributed by atoms with Crippen molar-refractivity contribution in [3.05, 3.63) is 98.5 Å². The molecule has 3 aromatic rings. The Morgan fingerprint density at radius 2 is 1.31 bits per heavy atom. The summed E-state index contributed by atoms with van der Waals surface area (Å²) >= 11 is 0. The van der Waals surface area contributed by atoms with Gasteiger partial charge >= 0.3 is 11.9 Å². The molecule has 0 saturated heterocycles. The molecule has 0 atom stereocenters. The number of hydrogen-bond donors (Lipinski definition) is 0. The molecule has 5 nitrogen and oxygen atoms in total. The number of fused-ring (bicyclic) bond motifs is 1. The van der Waals surface area contributed by atoms with Crippen molar-refractivity contribution in [1.29, 1.82) is 0 Å². The molecule has 0 bridgehead atoms. The Labute approximate surface area is 168 Å². The van der Waals surface area contributed by atoms with Crippen molar-refractivity contribution in [2.75, 3.05) is 0 Å². The summed E-state index contributed by atoms with van der Waals surface area (Å²) in [6, 6.07) is 19.0. The second-order valence-electron chi connectivity index (χ2n) is 5.90. The smallest absolute Gasteiger partial charge is 0.335 e. The van der Waals surface area contributed by atoms with Crippen LogP contribution in [0.3, 0.4) is 0 Å². The van der Waals surface area contributed by atoms with E-state index in [2.05, 4.69) is 19.2 Å². The molecule has 0 unspecified atom stereocenters. The van der Waals surface area contributed by atoms with Crippen LogP contribution in [0.1, 0.15) is 0 Å². The van der Waals surface area contributed by atoms with Crippen LogP contribution in [0.15, 0.2) is 98.5 Å². The molecule has 5 heteroatoms. The number of esters is 2. The highest BCUT2D eigenvalue weighted by molar-refractivity contribution is 5.88. The normalized spacial score (nSPS) is 10.5. The summed E-state index contributed by atoms with van der Waals surface area (Å²) in [6.07, 6.45) is 4.64. The Morgan fingerprint density at radius 1 is 0.690 bits per heavy atom. The lowest BCUT2D eigenvalue weighted by molar-refractivity contribution is -0.132. The highest BCUT2D eigenvalue weighted by Crippen LogP contribution is 2.28. The van der Waals surface area contributed by atoms with E-state index in [-0.39, 0.29) is 0 Å². The minimum absolute atomic E-state index is 0.466. The van der Waals surface area contributed by atoms with Crippen LogP contribution in [0.25, 0.3) is 21.9 Å². The first-order valence-electron chi connectivity index (χ1n) is 8.72. The van der Waals surface area contributed by atoms with E-state index >= 15 is 0 Å². The van der Waals surface area contributed by atoms with Crippen molar-refractivity contribution in [2.45, 2.75) is 0 Å². The quantitative estimate of drug-likeness (QED) is 0.242. The van der Waals surface area contributed by atoms with Crippen LogP contribution in [0.4, 0.5) is 0 Å². The summed E-state index contributed by atoms with van der Waals surface area (Å²) in [4.78, 5) is 22.2. The van der Waals surface area contributed by atoms with E-state index in [4.69, 9.17) is 14.2 Å². The summed E-state index contributed by atoms with van der Waals surface area (Å²) < 4.78 is 15.2. The molecule has 0 aromatic heterocycles. The molecule has 144 valence electrons. The fourth-order valence-corrected chi connectivity index (χ4v) is 2.60. The molecule has 0 aliphatic carbocycles. The van der Waals surface area contributed by atoms with Gasteiger partial charge in [-0.15, -0.1) is 0 Å². The molecule has 0 saturated carbocycles. The van der Waals surface area contributed by atoms with E-state index in [1.165, 1.54) is 6.26 Å². The van der Waals surface area contributed by atoms with E-state index in [1.54, 1.807) is 12.1 Å². The number of benzene rings is 3. The van der Waals surface area contributed by atoms with E-state index in [0.29, 0.717) is 11.5 Å². The molecule has 29 heavy (non-hydrogen) atoms. The molecular formula is C24H18O5. The van der Waals surface area contributed by atoms with Crippen molar-refractivity contribution in [3.63, 3.8) is 0 Å². The zero-order chi connectivity index (χ0) is 20.6. The average Bonchev–Trinajstić information content (AvgIpc) is 2.76. The fourth-order valence-electron chi connectivity index (χ4n) is 2.60. The van der Waals surface area contributed by atoms with Gasteiger partial charge in [-0.2, -0.15) is 0 Å². The lowest BCUT2D eigenvalue weighted by Gasteiger charge is -2.07. The van der Waals surface area contributed by atoms with Crippen molar-refractivity contribution in [3.8, 4) is 22.6 Å². The number of carbonyl (C=O) groups is 2. The van der Waals surface area contributed by atoms with Gasteiger partial charge in [0.2, 0.25) is 0 Å². The summed E-state index contributed by atoms with van der Waals surface area (Å²) in [5, 5.41) is 2.04. The number of ether oxygens (including phenoxy) is 3. The Hall–Kier alpha value is -4.12. The Morgan fingerprint density at radius 3 is 2.03 bits per heavy atom. The van der Waals surface area contributed by atoms with Crippen molar-refractivity contribution < 1.29 is 23.8 Å². The monoisotopic (exact) mass is 386 g/mol. The van der Waals surface area contributed by atoms with Crippen LogP contribution < -0.4 is 9.47 Å². The fraction of sp³-hybridized carbons (Fsp3) is 0. The highest BCUT2D eigenvalue weighted by atomic mass is 16.5. The van der Waals surface area contributed by atoms with Gasteiger partial charge in [-0.05, 0) is 52.2 Å². The van der Waals surface area contributed by atoms with E-state index in [0.717, 1.165) is 40.3 Å². The lowest BCUT2D eigenvalue weighted by atomic mass is 10.0. The predicted molar refractivity (Wildman–Crippen MR) is 111 cm³/mol. The molecule has 0 aliphatic rings. The third-order valence-electron chi connectivity index (χ3n) is 4.00. The van der Waals surface area contributed by atoms with Gasteiger partial charge in [-0.3, -0.25) is 0 Å². The largest absolute Gasteiger partial charge is 0.462 e. The van der Waals surface area contributed by atoms with Crippen LogP contribution in [0, 0.1) is 0 Å². The summed E-state index contributed by atoms with van der Waals surface area (Å²) in [6.45, 7) is 6.68. The maximum Gasteiger partial charge on any atom is 0.335 e. The highest BCUT2D eigenvalue weighted by Gasteiger charge is 2.04. The van der Waals surface area contributed by atoms with Crippen LogP contribution in [0.5, 0.6) is 11.5 Å². The first-order chi connectivity index (χ1) is 14.1. The van der Waals surface area contributed by atoms with Gasteiger partial charge in [-0.25, -0.2) is 9.59 Å². The minimum Gasteiger partial charge on any atom is -0.462 e. The van der Waals surface area contributed by atoms with Crippen molar-refractivity contribution in [1.82, 2.24) is 0 Å². The number of hydrogen-bond acceptors (Lipinski definition) is 5. The van der Waals surface area contributed by atoms with Crippen LogP contribution in [-0.4, -0.2) is 11.9 Å². The zero-order valence-corrected chi connectivity index (χ0v) is 15.5. The molecule has 0 spiro atoms. The van der Waals surface area contributed by atoms with Crippen molar-refractivity contribution >= 4 is 22.7 Å². The third-order valence-corrected chi connectivity index (χ3v) is 4.00. The summed E-state index contributed by atoms with van der Waals surface area (Å²) in [5.74, 6) is 0.0376. The van der Waals surface area contributed by atoms with Gasteiger partial charge in [0.05, 0.1) is 0 Å². The SMILES string of the molecule is C=CC(=O)O/C=C\Oc1ccc2cc(-c3ccc(OC(=O)C=C)cc3)ccc2c1. The molecule has 0 radical (unpaired) electrons. The first kappa shape index (κ1) is 19.6. The topological polar surface area (TPSA) is 61.8 Å². The molecule has 0 aliphatic heterocycles. The van der Waals surface area contributed by atoms with Crippen molar-refractivity contribution in [2.24, 2.45) is 0 Å². The predicted octanol–water partition coefficient (Wildman–Crippen LogP) is 5.18. The van der Waals surface area contributed by atoms with Gasteiger partial charge in [-0.1, -0.05) is 43.5 Å². The number of rotatable bonds is 7. The molecule has 3 aromatic carbocycles. The van der Waals surface area contributed by atoms with Crippen LogP contribution in [0.2, 0.25) is 0 Å². The van der Waals surface area contributed by atoms with Gasteiger partial charge in [0.25, 0.3) is 0 Å². The Kier molecular flexibility index (Phi) is 6.22. The maximum atomic E-state index is 11.3. The first-order valence-corrected chi connectivity index (χ1v) is 8.72.